The summed E-state index contributed by atoms with van der Waals surface area (Å²) in [5, 5.41) is 8.64. The maximum atomic E-state index is 10.5. The summed E-state index contributed by atoms with van der Waals surface area (Å²) in [7, 11) is 0. The van der Waals surface area contributed by atoms with Crippen molar-refractivity contribution in [1.82, 2.24) is 11.0 Å². The minimum Gasteiger partial charge on any atom is -0.481 e. The van der Waals surface area contributed by atoms with Crippen molar-refractivity contribution < 1.29 is 9.90 Å². The standard InChI is InChI=1S/C38H79N3O2/c39-41-40-37-35-33-31-29-27-25-23-21-19-17-15-13-11-9-7-5-3-1-2-4-6-8-10-12-14-16-18-20-22-24-26-28-30-32-34-36-38(42)43/h40-41H,1-37,39H2,(H,42,43). The molecule has 0 aliphatic rings. The van der Waals surface area contributed by atoms with Gasteiger partial charge < -0.3 is 5.11 Å². The third-order valence-electron chi connectivity index (χ3n) is 9.29. The zero-order valence-corrected chi connectivity index (χ0v) is 29.1. The van der Waals surface area contributed by atoms with E-state index in [1.807, 2.05) is 0 Å². The molecule has 0 aromatic carbocycles. The molecule has 5 heteroatoms. The van der Waals surface area contributed by atoms with Gasteiger partial charge in [0.1, 0.15) is 0 Å². The lowest BCUT2D eigenvalue weighted by atomic mass is 10.0. The van der Waals surface area contributed by atoms with Crippen molar-refractivity contribution in [3.63, 3.8) is 0 Å². The third-order valence-corrected chi connectivity index (χ3v) is 9.29. The van der Waals surface area contributed by atoms with E-state index >= 15 is 0 Å². The number of hydrazine groups is 2. The summed E-state index contributed by atoms with van der Waals surface area (Å²) in [6.45, 7) is 0.976. The number of unbranched alkanes of at least 4 members (excludes halogenated alkanes) is 34. The number of hydrogen-bond donors (Lipinski definition) is 4. The van der Waals surface area contributed by atoms with Crippen molar-refractivity contribution in [2.75, 3.05) is 6.54 Å². The predicted octanol–water partition coefficient (Wildman–Crippen LogP) is 12.1. The highest BCUT2D eigenvalue weighted by atomic mass is 16.4. The first-order valence-corrected chi connectivity index (χ1v) is 19.7. The van der Waals surface area contributed by atoms with Crippen LogP contribution in [0, 0.1) is 0 Å². The van der Waals surface area contributed by atoms with Crippen LogP contribution >= 0.6 is 0 Å². The van der Waals surface area contributed by atoms with Gasteiger partial charge in [-0.3, -0.25) is 10.6 Å². The van der Waals surface area contributed by atoms with Gasteiger partial charge in [0, 0.05) is 13.0 Å². The molecule has 0 atom stereocenters. The van der Waals surface area contributed by atoms with E-state index in [4.69, 9.17) is 10.9 Å². The van der Waals surface area contributed by atoms with Crippen LogP contribution in [0.15, 0.2) is 0 Å². The average molecular weight is 610 g/mol. The van der Waals surface area contributed by atoms with E-state index in [1.54, 1.807) is 0 Å². The van der Waals surface area contributed by atoms with E-state index in [2.05, 4.69) is 11.0 Å². The molecular formula is C38H79N3O2. The van der Waals surface area contributed by atoms with E-state index in [1.165, 1.54) is 212 Å². The van der Waals surface area contributed by atoms with Crippen molar-refractivity contribution in [3.05, 3.63) is 0 Å². The van der Waals surface area contributed by atoms with Crippen LogP contribution in [0.2, 0.25) is 0 Å². The predicted molar refractivity (Wildman–Crippen MR) is 189 cm³/mol. The summed E-state index contributed by atoms with van der Waals surface area (Å²) in [6, 6.07) is 0. The molecule has 5 nitrogen and oxygen atoms in total. The van der Waals surface area contributed by atoms with Gasteiger partial charge in [-0.2, -0.15) is 5.53 Å². The number of carboxylic acid groups (broad SMARTS) is 1. The van der Waals surface area contributed by atoms with E-state index in [0.717, 1.165) is 19.4 Å². The molecular weight excluding hydrogens is 530 g/mol. The monoisotopic (exact) mass is 610 g/mol. The molecule has 0 heterocycles. The van der Waals surface area contributed by atoms with Crippen LogP contribution in [0.5, 0.6) is 0 Å². The zero-order valence-electron chi connectivity index (χ0n) is 29.1. The van der Waals surface area contributed by atoms with Crippen LogP contribution in [0.25, 0.3) is 0 Å². The lowest BCUT2D eigenvalue weighted by Crippen LogP contribution is -2.38. The molecule has 0 aliphatic heterocycles. The lowest BCUT2D eigenvalue weighted by molar-refractivity contribution is -0.137. The van der Waals surface area contributed by atoms with Crippen molar-refractivity contribution in [2.24, 2.45) is 5.84 Å². The minimum atomic E-state index is -0.649. The molecule has 0 saturated carbocycles. The second-order valence-electron chi connectivity index (χ2n) is 13.6. The lowest BCUT2D eigenvalue weighted by Gasteiger charge is -2.05. The number of carbonyl (C=O) groups is 1. The van der Waals surface area contributed by atoms with Gasteiger partial charge in [-0.15, -0.1) is 0 Å². The molecule has 0 fully saturated rings. The number of aliphatic carboxylic acids is 1. The number of carboxylic acids is 1. The SMILES string of the molecule is NNNCCCCCCCCCCCCCCCCCCCCCCCCCCCCCCCCCCCCCC(=O)O. The molecule has 0 amide bonds. The normalized spacial score (nSPS) is 11.5. The van der Waals surface area contributed by atoms with Crippen molar-refractivity contribution in [3.8, 4) is 0 Å². The first-order chi connectivity index (χ1) is 21.3. The van der Waals surface area contributed by atoms with Crippen LogP contribution < -0.4 is 16.8 Å². The number of hydrogen-bond acceptors (Lipinski definition) is 4. The topological polar surface area (TPSA) is 87.4 Å². The molecule has 0 aromatic rings. The van der Waals surface area contributed by atoms with Crippen LogP contribution in [0.1, 0.15) is 231 Å². The molecule has 0 radical (unpaired) electrons. The van der Waals surface area contributed by atoms with Crippen LogP contribution in [-0.2, 0) is 4.79 Å². The second kappa shape index (κ2) is 39.4. The first kappa shape index (κ1) is 42.3. The molecule has 0 rings (SSSR count). The van der Waals surface area contributed by atoms with Gasteiger partial charge in [0.25, 0.3) is 0 Å². The fourth-order valence-corrected chi connectivity index (χ4v) is 6.40. The molecule has 0 spiro atoms. The van der Waals surface area contributed by atoms with E-state index in [-0.39, 0.29) is 0 Å². The largest absolute Gasteiger partial charge is 0.481 e. The summed E-state index contributed by atoms with van der Waals surface area (Å²) in [5.74, 6) is 4.54. The van der Waals surface area contributed by atoms with Crippen LogP contribution in [0.3, 0.4) is 0 Å². The molecule has 5 N–H and O–H groups in total. The smallest absolute Gasteiger partial charge is 0.303 e. The Labute approximate surface area is 270 Å². The van der Waals surface area contributed by atoms with Crippen molar-refractivity contribution >= 4 is 5.97 Å². The summed E-state index contributed by atoms with van der Waals surface area (Å²) in [6.07, 6.45) is 49.1. The summed E-state index contributed by atoms with van der Waals surface area (Å²) in [4.78, 5) is 10.5. The van der Waals surface area contributed by atoms with Gasteiger partial charge in [-0.25, -0.2) is 5.43 Å². The Balaban J connectivity index is 3.03. The quantitative estimate of drug-likeness (QED) is 0.0316. The first-order valence-electron chi connectivity index (χ1n) is 19.7. The maximum absolute atomic E-state index is 10.5. The fourth-order valence-electron chi connectivity index (χ4n) is 6.40. The molecule has 0 unspecified atom stereocenters. The van der Waals surface area contributed by atoms with Gasteiger partial charge in [0.15, 0.2) is 0 Å². The molecule has 0 aromatic heterocycles. The van der Waals surface area contributed by atoms with Gasteiger partial charge in [0.2, 0.25) is 0 Å². The zero-order chi connectivity index (χ0) is 31.2. The van der Waals surface area contributed by atoms with Crippen LogP contribution in [-0.4, -0.2) is 17.6 Å². The summed E-state index contributed by atoms with van der Waals surface area (Å²) >= 11 is 0. The van der Waals surface area contributed by atoms with Gasteiger partial charge in [-0.1, -0.05) is 212 Å². The van der Waals surface area contributed by atoms with Crippen LogP contribution in [0.4, 0.5) is 0 Å². The Morgan fingerprint density at radius 3 is 0.721 bits per heavy atom. The number of nitrogens with one attached hydrogen (secondary N) is 2. The van der Waals surface area contributed by atoms with E-state index < -0.39 is 5.97 Å². The van der Waals surface area contributed by atoms with Crippen molar-refractivity contribution in [1.29, 1.82) is 0 Å². The van der Waals surface area contributed by atoms with Gasteiger partial charge in [-0.05, 0) is 12.8 Å². The fraction of sp³-hybridized carbons (Fsp3) is 0.974. The van der Waals surface area contributed by atoms with E-state index in [9.17, 15) is 4.79 Å². The Bertz CT molecular complexity index is 517. The van der Waals surface area contributed by atoms with Gasteiger partial charge >= 0.3 is 5.97 Å². The second-order valence-corrected chi connectivity index (χ2v) is 13.6. The Morgan fingerprint density at radius 1 is 0.349 bits per heavy atom. The highest BCUT2D eigenvalue weighted by Crippen LogP contribution is 2.17. The molecule has 43 heavy (non-hydrogen) atoms. The van der Waals surface area contributed by atoms with Crippen molar-refractivity contribution in [2.45, 2.75) is 231 Å². The molecule has 0 saturated heterocycles. The molecule has 0 aliphatic carbocycles. The minimum absolute atomic E-state index is 0.344. The third kappa shape index (κ3) is 41.4. The maximum Gasteiger partial charge on any atom is 0.303 e. The summed E-state index contributed by atoms with van der Waals surface area (Å²) < 4.78 is 0. The highest BCUT2D eigenvalue weighted by molar-refractivity contribution is 5.66. The highest BCUT2D eigenvalue weighted by Gasteiger charge is 1.99. The molecule has 0 bridgehead atoms. The number of rotatable bonds is 39. The van der Waals surface area contributed by atoms with E-state index in [0.29, 0.717) is 6.42 Å². The summed E-state index contributed by atoms with van der Waals surface area (Å²) in [5.41, 5.74) is 5.44. The Kier molecular flexibility index (Phi) is 38.8. The Morgan fingerprint density at radius 2 is 0.535 bits per heavy atom. The molecule has 258 valence electrons. The van der Waals surface area contributed by atoms with Gasteiger partial charge in [0.05, 0.1) is 0 Å². The Hall–Kier alpha value is -0.650. The average Bonchev–Trinajstić information content (AvgIpc) is 3.00. The number of nitrogens with two attached hydrogens (primary N) is 1.